The van der Waals surface area contributed by atoms with Gasteiger partial charge < -0.3 is 0 Å². The quantitative estimate of drug-likeness (QED) is 0.609. The van der Waals surface area contributed by atoms with Gasteiger partial charge in [0.25, 0.3) is 0 Å². The molecule has 0 aliphatic carbocycles. The van der Waals surface area contributed by atoms with Crippen LogP contribution in [0, 0.1) is 0 Å². The molecule has 4 heavy (non-hydrogen) atoms. The molecule has 23 valence electrons. The Morgan fingerprint density at radius 1 is 1.25 bits per heavy atom. The summed E-state index contributed by atoms with van der Waals surface area (Å²) in [6, 6.07) is 0. The minimum atomic E-state index is 0. The van der Waals surface area contributed by atoms with Crippen molar-refractivity contribution in [2.45, 2.75) is 0 Å². The van der Waals surface area contributed by atoms with Crippen molar-refractivity contribution in [1.29, 1.82) is 0 Å². The van der Waals surface area contributed by atoms with E-state index in [0.717, 1.165) is 0 Å². The number of rotatable bonds is 0. The Bertz CT molecular complexity index is 6.00. The standard InChI is InChI=1S/Br2O.Mo/c1-3-2;/q;+3. The maximum absolute atomic E-state index is 3.88. The minimum absolute atomic E-state index is 0. The Morgan fingerprint density at radius 2 is 1.25 bits per heavy atom. The van der Waals surface area contributed by atoms with Gasteiger partial charge in [-0.2, -0.15) is 0 Å². The van der Waals surface area contributed by atoms with E-state index in [1.54, 1.807) is 0 Å². The summed E-state index contributed by atoms with van der Waals surface area (Å²) in [5.74, 6) is 0. The fourth-order valence-corrected chi connectivity index (χ4v) is 0. The molecular weight excluding hydrogens is 272 g/mol. The molecule has 0 aliphatic heterocycles. The van der Waals surface area contributed by atoms with Gasteiger partial charge in [0.1, 0.15) is 32.5 Å². The summed E-state index contributed by atoms with van der Waals surface area (Å²) in [4.78, 5) is 0. The van der Waals surface area contributed by atoms with Crippen LogP contribution in [0.1, 0.15) is 0 Å². The SMILES string of the molecule is BrOBr.[Mo+3]. The first kappa shape index (κ1) is 9.15. The molecule has 4 heteroatoms. The van der Waals surface area contributed by atoms with Gasteiger partial charge in [0.2, 0.25) is 0 Å². The van der Waals surface area contributed by atoms with Crippen LogP contribution in [-0.4, -0.2) is 0 Å². The van der Waals surface area contributed by atoms with E-state index in [1.165, 1.54) is 0 Å². The summed E-state index contributed by atoms with van der Waals surface area (Å²) in [6.07, 6.45) is 0. The summed E-state index contributed by atoms with van der Waals surface area (Å²) >= 11 is 5.12. The molecule has 0 atom stereocenters. The second-order valence-electron chi connectivity index (χ2n) is 0.0583. The van der Waals surface area contributed by atoms with Gasteiger partial charge in [-0.25, -0.2) is 2.92 Å². The first-order chi connectivity index (χ1) is 1.41. The first-order valence-corrected chi connectivity index (χ1v) is 1.60. The molecule has 0 spiro atoms. The first-order valence-electron chi connectivity index (χ1n) is 0.309. The molecule has 0 amide bonds. The molecule has 0 aromatic carbocycles. The van der Waals surface area contributed by atoms with Crippen LogP contribution in [0.15, 0.2) is 0 Å². The minimum Gasteiger partial charge on any atom is -0.230 e. The zero-order valence-corrected chi connectivity index (χ0v) is 6.75. The van der Waals surface area contributed by atoms with E-state index in [9.17, 15) is 0 Å². The fraction of sp³-hybridized carbons (Fsp3) is 0. The van der Waals surface area contributed by atoms with E-state index in [-0.39, 0.29) is 21.1 Å². The normalized spacial score (nSPS) is 4.50. The largest absolute Gasteiger partial charge is 3.00 e. The van der Waals surface area contributed by atoms with Crippen molar-refractivity contribution >= 4 is 32.5 Å². The van der Waals surface area contributed by atoms with Crippen molar-refractivity contribution in [2.75, 3.05) is 0 Å². The third-order valence-corrected chi connectivity index (χ3v) is 0. The second kappa shape index (κ2) is 8.82. The predicted octanol–water partition coefficient (Wildman–Crippen LogP) is 1.62. The van der Waals surface area contributed by atoms with Crippen molar-refractivity contribution in [3.8, 4) is 0 Å². The third-order valence-electron chi connectivity index (χ3n) is 0. The van der Waals surface area contributed by atoms with Crippen molar-refractivity contribution in [1.82, 2.24) is 0 Å². The third kappa shape index (κ3) is 9.49. The molecule has 0 aromatic heterocycles. The zero-order chi connectivity index (χ0) is 2.71. The Kier molecular flexibility index (Phi) is 20.2. The molecule has 0 unspecified atom stereocenters. The maximum atomic E-state index is 3.88. The topological polar surface area (TPSA) is 9.23 Å². The van der Waals surface area contributed by atoms with Crippen LogP contribution in [0.5, 0.6) is 0 Å². The Balaban J connectivity index is 0. The molecule has 1 radical (unpaired) electrons. The van der Waals surface area contributed by atoms with Crippen molar-refractivity contribution in [3.63, 3.8) is 0 Å². The molecule has 0 aromatic rings. The number of hydrogen-bond donors (Lipinski definition) is 0. The Hall–Kier alpha value is 1.61. The van der Waals surface area contributed by atoms with E-state index in [4.69, 9.17) is 0 Å². The molecule has 0 saturated carbocycles. The van der Waals surface area contributed by atoms with E-state index >= 15 is 0 Å². The second-order valence-corrected chi connectivity index (χ2v) is 1.57. The van der Waals surface area contributed by atoms with E-state index < -0.39 is 0 Å². The van der Waals surface area contributed by atoms with Crippen LogP contribution in [0.4, 0.5) is 0 Å². The molecule has 0 bridgehead atoms. The van der Waals surface area contributed by atoms with Gasteiger partial charge in [0.05, 0.1) is 0 Å². The molecule has 0 aliphatic rings. The summed E-state index contributed by atoms with van der Waals surface area (Å²) < 4.78 is 3.88. The van der Waals surface area contributed by atoms with Crippen molar-refractivity contribution < 1.29 is 24.0 Å². The van der Waals surface area contributed by atoms with Crippen LogP contribution in [-0.2, 0) is 24.0 Å². The summed E-state index contributed by atoms with van der Waals surface area (Å²) in [7, 11) is 0. The number of halogens is 2. The molecular formula is Br2MoO+3. The van der Waals surface area contributed by atoms with Gasteiger partial charge >= 0.3 is 21.1 Å². The molecule has 0 rings (SSSR count). The summed E-state index contributed by atoms with van der Waals surface area (Å²) in [6.45, 7) is 0. The average molecular weight is 272 g/mol. The summed E-state index contributed by atoms with van der Waals surface area (Å²) in [5.41, 5.74) is 0. The molecule has 1 nitrogen and oxygen atoms in total. The van der Waals surface area contributed by atoms with Gasteiger partial charge in [-0.05, 0) is 0 Å². The van der Waals surface area contributed by atoms with Gasteiger partial charge in [0, 0.05) is 0 Å². The molecule has 0 fully saturated rings. The van der Waals surface area contributed by atoms with Gasteiger partial charge in [-0.1, -0.05) is 0 Å². The van der Waals surface area contributed by atoms with Crippen molar-refractivity contribution in [3.05, 3.63) is 0 Å². The van der Waals surface area contributed by atoms with Crippen LogP contribution in [0.2, 0.25) is 0 Å². The fourth-order valence-electron chi connectivity index (χ4n) is 0. The van der Waals surface area contributed by atoms with Gasteiger partial charge in [-0.3, -0.25) is 0 Å². The predicted molar refractivity (Wildman–Crippen MR) is 18.9 cm³/mol. The average Bonchev–Trinajstić information content (AvgIpc) is 0.918. The molecule has 0 N–H and O–H groups in total. The molecule has 0 saturated heterocycles. The monoisotopic (exact) mass is 272 g/mol. The van der Waals surface area contributed by atoms with Crippen LogP contribution >= 0.6 is 32.5 Å². The number of hydrogen-bond acceptors (Lipinski definition) is 1. The van der Waals surface area contributed by atoms with E-state index in [2.05, 4.69) is 35.4 Å². The van der Waals surface area contributed by atoms with Gasteiger partial charge in [-0.15, -0.1) is 0 Å². The maximum Gasteiger partial charge on any atom is 3.00 e. The van der Waals surface area contributed by atoms with E-state index in [0.29, 0.717) is 0 Å². The zero-order valence-electron chi connectivity index (χ0n) is 1.57. The van der Waals surface area contributed by atoms with E-state index in [1.807, 2.05) is 0 Å². The molecule has 0 heterocycles. The van der Waals surface area contributed by atoms with Crippen LogP contribution in [0.25, 0.3) is 0 Å². The Labute approximate surface area is 56.3 Å². The Morgan fingerprint density at radius 3 is 1.25 bits per heavy atom. The smallest absolute Gasteiger partial charge is 0.230 e. The van der Waals surface area contributed by atoms with Crippen LogP contribution in [0.3, 0.4) is 0 Å². The van der Waals surface area contributed by atoms with Crippen LogP contribution < -0.4 is 0 Å². The summed E-state index contributed by atoms with van der Waals surface area (Å²) in [5, 5.41) is 0. The van der Waals surface area contributed by atoms with Gasteiger partial charge in [0.15, 0.2) is 0 Å². The van der Waals surface area contributed by atoms with Crippen molar-refractivity contribution in [2.24, 2.45) is 0 Å².